The molecule has 0 spiro atoms. The van der Waals surface area contributed by atoms with Gasteiger partial charge in [0.15, 0.2) is 5.78 Å². The average molecular weight is 515 g/mol. The predicted molar refractivity (Wildman–Crippen MR) is 148 cm³/mol. The van der Waals surface area contributed by atoms with E-state index >= 15 is 0 Å². The van der Waals surface area contributed by atoms with Gasteiger partial charge in [-0.1, -0.05) is 19.8 Å². The standard InChI is InChI=1S/C30H38N6O2/c1-5-38-24-16-25(28-23(18-31)20-33-36(28)21-24)22-8-9-27(32-19-22)35-14-12-29(2,13-15-35)17-26(37)30(34(3)4)10-6-7-11-30/h8-9,16,19-21H,5-7,10-15,17H2,1-4H3. The lowest BCUT2D eigenvalue weighted by atomic mass is 9.72. The Morgan fingerprint density at radius 1 is 1.16 bits per heavy atom. The molecule has 5 rings (SSSR count). The van der Waals surface area contributed by atoms with Gasteiger partial charge in [-0.25, -0.2) is 9.50 Å². The molecule has 0 radical (unpaired) electrons. The number of anilines is 1. The molecule has 2 fully saturated rings. The summed E-state index contributed by atoms with van der Waals surface area (Å²) in [5.41, 5.74) is 2.82. The molecule has 0 amide bonds. The second-order valence-electron chi connectivity index (χ2n) is 11.4. The van der Waals surface area contributed by atoms with Crippen LogP contribution in [0.3, 0.4) is 0 Å². The number of hydrogen-bond donors (Lipinski definition) is 0. The maximum atomic E-state index is 13.5. The number of rotatable bonds is 8. The van der Waals surface area contributed by atoms with Gasteiger partial charge in [0.25, 0.3) is 0 Å². The minimum absolute atomic E-state index is 0.0279. The summed E-state index contributed by atoms with van der Waals surface area (Å²) in [4.78, 5) is 22.8. The molecule has 1 aliphatic heterocycles. The minimum atomic E-state index is -0.261. The molecule has 0 N–H and O–H groups in total. The Balaban J connectivity index is 1.30. The SMILES string of the molecule is CCOc1cc(-c2ccc(N3CCC(C)(CC(=O)C4(N(C)C)CCCC4)CC3)nc2)c2c(C#N)cnn2c1. The van der Waals surface area contributed by atoms with Crippen LogP contribution in [0.2, 0.25) is 0 Å². The number of likely N-dealkylation sites (N-methyl/N-ethyl adjacent to an activating group) is 1. The third-order valence-electron chi connectivity index (χ3n) is 8.76. The molecule has 0 aromatic carbocycles. The van der Waals surface area contributed by atoms with Gasteiger partial charge in [0, 0.05) is 36.8 Å². The van der Waals surface area contributed by atoms with Crippen LogP contribution in [-0.4, -0.2) is 64.6 Å². The zero-order chi connectivity index (χ0) is 26.9. The van der Waals surface area contributed by atoms with Crippen molar-refractivity contribution in [2.45, 2.75) is 64.3 Å². The van der Waals surface area contributed by atoms with Crippen molar-refractivity contribution < 1.29 is 9.53 Å². The lowest BCUT2D eigenvalue weighted by Gasteiger charge is -2.42. The van der Waals surface area contributed by atoms with Gasteiger partial charge in [-0.15, -0.1) is 0 Å². The molecule has 38 heavy (non-hydrogen) atoms. The van der Waals surface area contributed by atoms with Crippen molar-refractivity contribution in [1.29, 1.82) is 5.26 Å². The molecule has 0 bridgehead atoms. The predicted octanol–water partition coefficient (Wildman–Crippen LogP) is 5.11. The third kappa shape index (κ3) is 4.76. The number of fused-ring (bicyclic) bond motifs is 1. The average Bonchev–Trinajstić information content (AvgIpc) is 3.57. The van der Waals surface area contributed by atoms with Crippen LogP contribution in [0, 0.1) is 16.7 Å². The fraction of sp³-hybridized carbons (Fsp3) is 0.533. The first-order valence-electron chi connectivity index (χ1n) is 13.7. The van der Waals surface area contributed by atoms with E-state index in [2.05, 4.69) is 54.1 Å². The van der Waals surface area contributed by atoms with Crippen molar-refractivity contribution in [2.24, 2.45) is 5.41 Å². The monoisotopic (exact) mass is 514 g/mol. The highest BCUT2D eigenvalue weighted by Gasteiger charge is 2.45. The second-order valence-corrected chi connectivity index (χ2v) is 11.4. The van der Waals surface area contributed by atoms with Crippen molar-refractivity contribution in [2.75, 3.05) is 38.7 Å². The van der Waals surface area contributed by atoms with Crippen molar-refractivity contribution in [1.82, 2.24) is 19.5 Å². The molecule has 3 aromatic rings. The number of piperidine rings is 1. The van der Waals surface area contributed by atoms with E-state index in [-0.39, 0.29) is 11.0 Å². The largest absolute Gasteiger partial charge is 0.492 e. The van der Waals surface area contributed by atoms with Crippen LogP contribution in [0.1, 0.15) is 64.4 Å². The molecule has 1 saturated heterocycles. The van der Waals surface area contributed by atoms with Crippen molar-refractivity contribution in [3.63, 3.8) is 0 Å². The van der Waals surface area contributed by atoms with Gasteiger partial charge in [-0.2, -0.15) is 10.4 Å². The van der Waals surface area contributed by atoms with Crippen LogP contribution in [0.25, 0.3) is 16.6 Å². The van der Waals surface area contributed by atoms with Crippen LogP contribution >= 0.6 is 0 Å². The first kappa shape index (κ1) is 26.2. The minimum Gasteiger partial charge on any atom is -0.492 e. The van der Waals surface area contributed by atoms with Gasteiger partial charge in [0.1, 0.15) is 17.6 Å². The van der Waals surface area contributed by atoms with Gasteiger partial charge < -0.3 is 9.64 Å². The fourth-order valence-corrected chi connectivity index (χ4v) is 6.32. The van der Waals surface area contributed by atoms with E-state index in [0.29, 0.717) is 30.1 Å². The number of Topliss-reactive ketones (excluding diaryl/α,β-unsaturated/α-hetero) is 1. The smallest absolute Gasteiger partial charge is 0.153 e. The summed E-state index contributed by atoms with van der Waals surface area (Å²) in [5.74, 6) is 2.06. The molecule has 2 aliphatic rings. The molecule has 0 atom stereocenters. The van der Waals surface area contributed by atoms with E-state index < -0.39 is 0 Å². The van der Waals surface area contributed by atoms with Gasteiger partial charge >= 0.3 is 0 Å². The van der Waals surface area contributed by atoms with E-state index in [9.17, 15) is 10.1 Å². The summed E-state index contributed by atoms with van der Waals surface area (Å²) in [6.07, 6.45) is 12.1. The molecule has 8 nitrogen and oxygen atoms in total. The van der Waals surface area contributed by atoms with Gasteiger partial charge in [-0.05, 0) is 70.3 Å². The van der Waals surface area contributed by atoms with E-state index in [1.54, 1.807) is 16.9 Å². The molecule has 0 unspecified atom stereocenters. The number of hydrogen-bond acceptors (Lipinski definition) is 7. The highest BCUT2D eigenvalue weighted by Crippen LogP contribution is 2.42. The number of aromatic nitrogens is 3. The van der Waals surface area contributed by atoms with Gasteiger partial charge in [0.2, 0.25) is 0 Å². The first-order chi connectivity index (χ1) is 18.3. The number of ether oxygens (including phenoxy) is 1. The van der Waals surface area contributed by atoms with Crippen LogP contribution in [0.5, 0.6) is 5.75 Å². The van der Waals surface area contributed by atoms with Crippen molar-refractivity contribution >= 4 is 17.1 Å². The lowest BCUT2D eigenvalue weighted by Crippen LogP contribution is -2.51. The maximum Gasteiger partial charge on any atom is 0.153 e. The highest BCUT2D eigenvalue weighted by atomic mass is 16.5. The quantitative estimate of drug-likeness (QED) is 0.413. The van der Waals surface area contributed by atoms with Gasteiger partial charge in [0.05, 0.1) is 35.6 Å². The topological polar surface area (TPSA) is 86.8 Å². The Morgan fingerprint density at radius 3 is 2.50 bits per heavy atom. The van der Waals surface area contributed by atoms with E-state index in [1.807, 2.05) is 19.2 Å². The molecular formula is C30H38N6O2. The normalized spacial score (nSPS) is 18.6. The van der Waals surface area contributed by atoms with Gasteiger partial charge in [-0.3, -0.25) is 9.69 Å². The van der Waals surface area contributed by atoms with Crippen molar-refractivity contribution in [3.8, 4) is 22.9 Å². The number of pyridine rings is 2. The summed E-state index contributed by atoms with van der Waals surface area (Å²) in [6.45, 7) is 6.54. The molecule has 3 aromatic heterocycles. The Hall–Kier alpha value is -3.44. The molecular weight excluding hydrogens is 476 g/mol. The number of carbonyl (C=O) groups is 1. The zero-order valence-corrected chi connectivity index (χ0v) is 23.0. The Morgan fingerprint density at radius 2 is 1.89 bits per heavy atom. The fourth-order valence-electron chi connectivity index (χ4n) is 6.32. The first-order valence-corrected chi connectivity index (χ1v) is 13.7. The second kappa shape index (κ2) is 10.4. The Kier molecular flexibility index (Phi) is 7.15. The van der Waals surface area contributed by atoms with E-state index in [4.69, 9.17) is 9.72 Å². The molecule has 1 saturated carbocycles. The molecule has 8 heteroatoms. The van der Waals surface area contributed by atoms with E-state index in [0.717, 1.165) is 74.1 Å². The number of carbonyl (C=O) groups excluding carboxylic acids is 1. The summed E-state index contributed by atoms with van der Waals surface area (Å²) in [7, 11) is 4.13. The summed E-state index contributed by atoms with van der Waals surface area (Å²) in [5, 5.41) is 13.9. The Bertz CT molecular complexity index is 1340. The summed E-state index contributed by atoms with van der Waals surface area (Å²) < 4.78 is 7.44. The molecule has 200 valence electrons. The van der Waals surface area contributed by atoms with E-state index in [1.165, 1.54) is 0 Å². The van der Waals surface area contributed by atoms with Crippen LogP contribution in [0.4, 0.5) is 5.82 Å². The summed E-state index contributed by atoms with van der Waals surface area (Å²) >= 11 is 0. The molecule has 4 heterocycles. The summed E-state index contributed by atoms with van der Waals surface area (Å²) in [6, 6.07) is 8.30. The zero-order valence-electron chi connectivity index (χ0n) is 23.0. The van der Waals surface area contributed by atoms with Crippen LogP contribution < -0.4 is 9.64 Å². The van der Waals surface area contributed by atoms with Crippen LogP contribution in [0.15, 0.2) is 36.8 Å². The van der Waals surface area contributed by atoms with Crippen LogP contribution in [-0.2, 0) is 4.79 Å². The van der Waals surface area contributed by atoms with Crippen molar-refractivity contribution in [3.05, 3.63) is 42.4 Å². The number of ketones is 1. The third-order valence-corrected chi connectivity index (χ3v) is 8.76. The molecule has 1 aliphatic carbocycles. The Labute approximate surface area is 225 Å². The lowest BCUT2D eigenvalue weighted by molar-refractivity contribution is -0.132. The number of nitriles is 1. The number of nitrogens with zero attached hydrogens (tertiary/aromatic N) is 6. The maximum absolute atomic E-state index is 13.5. The highest BCUT2D eigenvalue weighted by molar-refractivity contribution is 5.89.